The third-order valence-electron chi connectivity index (χ3n) is 4.73. The van der Waals surface area contributed by atoms with Crippen molar-refractivity contribution in [3.63, 3.8) is 0 Å². The van der Waals surface area contributed by atoms with Crippen LogP contribution in [0.1, 0.15) is 21.6 Å². The van der Waals surface area contributed by atoms with Crippen LogP contribution < -0.4 is 5.43 Å². The van der Waals surface area contributed by atoms with Crippen molar-refractivity contribution < 1.29 is 4.79 Å². The lowest BCUT2D eigenvalue weighted by molar-refractivity contribution is 0.0956. The number of para-hydroxylation sites is 1. The fourth-order valence-corrected chi connectivity index (χ4v) is 3.19. The van der Waals surface area contributed by atoms with Crippen molar-refractivity contribution in [1.29, 1.82) is 0 Å². The number of aryl methyl sites for hydroxylation is 2. The van der Waals surface area contributed by atoms with Crippen LogP contribution in [0.15, 0.2) is 78.0 Å². The molecule has 0 radical (unpaired) electrons. The molecule has 0 aliphatic heterocycles. The molecule has 0 fully saturated rings. The molecule has 5 heteroatoms. The van der Waals surface area contributed by atoms with Gasteiger partial charge in [0.15, 0.2) is 0 Å². The maximum absolute atomic E-state index is 12.9. The van der Waals surface area contributed by atoms with Crippen molar-refractivity contribution in [1.82, 2.24) is 15.0 Å². The zero-order chi connectivity index (χ0) is 19.5. The van der Waals surface area contributed by atoms with E-state index in [-0.39, 0.29) is 5.91 Å². The predicted octanol–water partition coefficient (Wildman–Crippen LogP) is 4.31. The number of fused-ring (bicyclic) bond motifs is 1. The fraction of sp³-hybridized carbons (Fsp3) is 0.0870. The van der Waals surface area contributed by atoms with E-state index in [1.54, 1.807) is 6.21 Å². The summed E-state index contributed by atoms with van der Waals surface area (Å²) in [5.74, 6) is -0.265. The first-order chi connectivity index (χ1) is 13.6. The Hall–Kier alpha value is -3.73. The van der Waals surface area contributed by atoms with E-state index < -0.39 is 0 Å². The van der Waals surface area contributed by atoms with Crippen LogP contribution >= 0.6 is 0 Å². The molecular weight excluding hydrogens is 348 g/mol. The highest BCUT2D eigenvalue weighted by Crippen LogP contribution is 2.26. The molecule has 4 rings (SSSR count). The lowest BCUT2D eigenvalue weighted by Gasteiger charge is -2.10. The SMILES string of the molecule is Cc1ccccc1-c1cc(C(=O)NN=Cc2cccn2C)c2ccccc2n1. The molecule has 0 spiro atoms. The van der Waals surface area contributed by atoms with Gasteiger partial charge in [-0.3, -0.25) is 4.79 Å². The number of aromatic nitrogens is 2. The average molecular weight is 368 g/mol. The second kappa shape index (κ2) is 7.48. The Balaban J connectivity index is 1.73. The van der Waals surface area contributed by atoms with Gasteiger partial charge in [0.25, 0.3) is 5.91 Å². The standard InChI is InChI=1S/C23H20N4O/c1-16-8-3-4-10-18(16)22-14-20(19-11-5-6-12-21(19)25-22)23(28)26-24-15-17-9-7-13-27(17)2/h3-15H,1-2H3,(H,26,28). The van der Waals surface area contributed by atoms with E-state index in [0.29, 0.717) is 5.56 Å². The highest BCUT2D eigenvalue weighted by atomic mass is 16.2. The minimum atomic E-state index is -0.265. The first-order valence-corrected chi connectivity index (χ1v) is 9.04. The predicted molar refractivity (Wildman–Crippen MR) is 112 cm³/mol. The number of hydrazone groups is 1. The van der Waals surface area contributed by atoms with E-state index in [9.17, 15) is 4.79 Å². The number of nitrogens with one attached hydrogen (secondary N) is 1. The Kier molecular flexibility index (Phi) is 4.72. The van der Waals surface area contributed by atoms with Crippen molar-refractivity contribution in [2.75, 3.05) is 0 Å². The topological polar surface area (TPSA) is 59.3 Å². The van der Waals surface area contributed by atoms with E-state index in [2.05, 4.69) is 10.5 Å². The quantitative estimate of drug-likeness (QED) is 0.431. The minimum absolute atomic E-state index is 0.265. The Bertz CT molecular complexity index is 1190. The highest BCUT2D eigenvalue weighted by molar-refractivity contribution is 6.07. The molecule has 1 N–H and O–H groups in total. The molecule has 0 saturated carbocycles. The molecule has 0 bridgehead atoms. The number of rotatable bonds is 4. The monoisotopic (exact) mass is 368 g/mol. The maximum atomic E-state index is 12.9. The zero-order valence-electron chi connectivity index (χ0n) is 15.8. The third-order valence-corrected chi connectivity index (χ3v) is 4.73. The van der Waals surface area contributed by atoms with Gasteiger partial charge in [-0.05, 0) is 36.8 Å². The van der Waals surface area contributed by atoms with E-state index in [1.807, 2.05) is 91.5 Å². The normalized spacial score (nSPS) is 11.2. The molecule has 4 aromatic rings. The molecular formula is C23H20N4O. The lowest BCUT2D eigenvalue weighted by Crippen LogP contribution is -2.18. The van der Waals surface area contributed by atoms with Crippen LogP contribution in [0.2, 0.25) is 0 Å². The minimum Gasteiger partial charge on any atom is -0.350 e. The van der Waals surface area contributed by atoms with Gasteiger partial charge >= 0.3 is 0 Å². The smallest absolute Gasteiger partial charge is 0.272 e. The number of nitrogens with zero attached hydrogens (tertiary/aromatic N) is 3. The van der Waals surface area contributed by atoms with Crippen molar-refractivity contribution in [3.8, 4) is 11.3 Å². The molecule has 2 heterocycles. The summed E-state index contributed by atoms with van der Waals surface area (Å²) in [7, 11) is 1.92. The number of amides is 1. The zero-order valence-corrected chi connectivity index (χ0v) is 15.8. The molecule has 0 saturated heterocycles. The highest BCUT2D eigenvalue weighted by Gasteiger charge is 2.14. The summed E-state index contributed by atoms with van der Waals surface area (Å²) < 4.78 is 1.92. The van der Waals surface area contributed by atoms with Crippen LogP contribution in [0.5, 0.6) is 0 Å². The summed E-state index contributed by atoms with van der Waals surface area (Å²) >= 11 is 0. The van der Waals surface area contributed by atoms with Gasteiger partial charge in [0.05, 0.1) is 28.7 Å². The number of benzene rings is 2. The van der Waals surface area contributed by atoms with Gasteiger partial charge in [-0.2, -0.15) is 5.10 Å². The summed E-state index contributed by atoms with van der Waals surface area (Å²) in [5.41, 5.74) is 7.76. The molecule has 0 aliphatic rings. The van der Waals surface area contributed by atoms with Gasteiger partial charge in [0.2, 0.25) is 0 Å². The van der Waals surface area contributed by atoms with Gasteiger partial charge in [0.1, 0.15) is 0 Å². The van der Waals surface area contributed by atoms with Gasteiger partial charge < -0.3 is 4.57 Å². The molecule has 28 heavy (non-hydrogen) atoms. The summed E-state index contributed by atoms with van der Waals surface area (Å²) in [6.07, 6.45) is 3.55. The Morgan fingerprint density at radius 3 is 2.64 bits per heavy atom. The van der Waals surface area contributed by atoms with Crippen molar-refractivity contribution >= 4 is 23.0 Å². The van der Waals surface area contributed by atoms with Crippen molar-refractivity contribution in [3.05, 3.63) is 89.7 Å². The molecule has 5 nitrogen and oxygen atoms in total. The number of hydrogen-bond donors (Lipinski definition) is 1. The van der Waals surface area contributed by atoms with Crippen LogP contribution in [0.4, 0.5) is 0 Å². The van der Waals surface area contributed by atoms with Crippen LogP contribution in [0.3, 0.4) is 0 Å². The lowest BCUT2D eigenvalue weighted by atomic mass is 10.0. The second-order valence-corrected chi connectivity index (χ2v) is 6.63. The first kappa shape index (κ1) is 17.7. The molecule has 0 atom stereocenters. The summed E-state index contributed by atoms with van der Waals surface area (Å²) in [6, 6.07) is 21.3. The summed E-state index contributed by atoms with van der Waals surface area (Å²) in [6.45, 7) is 2.04. The second-order valence-electron chi connectivity index (χ2n) is 6.63. The van der Waals surface area contributed by atoms with Gasteiger partial charge in [-0.1, -0.05) is 42.5 Å². The van der Waals surface area contributed by atoms with Crippen LogP contribution in [0, 0.1) is 6.92 Å². The van der Waals surface area contributed by atoms with E-state index in [4.69, 9.17) is 4.98 Å². The van der Waals surface area contributed by atoms with E-state index in [1.165, 1.54) is 0 Å². The molecule has 1 amide bonds. The average Bonchev–Trinajstić information content (AvgIpc) is 3.12. The van der Waals surface area contributed by atoms with Crippen molar-refractivity contribution in [2.45, 2.75) is 6.92 Å². The molecule has 2 aromatic carbocycles. The Morgan fingerprint density at radius 2 is 1.86 bits per heavy atom. The van der Waals surface area contributed by atoms with Crippen LogP contribution in [-0.2, 0) is 7.05 Å². The number of hydrogen-bond acceptors (Lipinski definition) is 3. The fourth-order valence-electron chi connectivity index (χ4n) is 3.19. The maximum Gasteiger partial charge on any atom is 0.272 e. The largest absolute Gasteiger partial charge is 0.350 e. The molecule has 0 aliphatic carbocycles. The van der Waals surface area contributed by atoms with E-state index in [0.717, 1.165) is 33.4 Å². The van der Waals surface area contributed by atoms with Crippen LogP contribution in [-0.4, -0.2) is 21.7 Å². The summed E-state index contributed by atoms with van der Waals surface area (Å²) in [5, 5.41) is 4.91. The van der Waals surface area contributed by atoms with Gasteiger partial charge in [0, 0.05) is 24.2 Å². The molecule has 0 unspecified atom stereocenters. The van der Waals surface area contributed by atoms with Gasteiger partial charge in [-0.25, -0.2) is 10.4 Å². The first-order valence-electron chi connectivity index (χ1n) is 9.04. The number of carbonyl (C=O) groups excluding carboxylic acids is 1. The number of carbonyl (C=O) groups is 1. The molecule has 2 aromatic heterocycles. The molecule has 138 valence electrons. The number of pyridine rings is 1. The summed E-state index contributed by atoms with van der Waals surface area (Å²) in [4.78, 5) is 17.6. The van der Waals surface area contributed by atoms with Gasteiger partial charge in [-0.15, -0.1) is 0 Å². The van der Waals surface area contributed by atoms with E-state index >= 15 is 0 Å². The Labute approximate surface area is 163 Å². The van der Waals surface area contributed by atoms with Crippen LogP contribution in [0.25, 0.3) is 22.2 Å². The third kappa shape index (κ3) is 3.42. The Morgan fingerprint density at radius 1 is 1.07 bits per heavy atom. The van der Waals surface area contributed by atoms with Crippen molar-refractivity contribution in [2.24, 2.45) is 12.1 Å².